The van der Waals surface area contributed by atoms with Gasteiger partial charge in [-0.05, 0) is 99.6 Å². The lowest BCUT2D eigenvalue weighted by atomic mass is 9.96. The van der Waals surface area contributed by atoms with Crippen molar-refractivity contribution in [3.8, 4) is 0 Å². The van der Waals surface area contributed by atoms with Gasteiger partial charge < -0.3 is 92.6 Å². The number of carbonyl (C=O) groups is 10. The van der Waals surface area contributed by atoms with Crippen LogP contribution >= 0.6 is 0 Å². The molecule has 29 heteroatoms. The van der Waals surface area contributed by atoms with Crippen LogP contribution in [-0.2, 0) is 73.6 Å². The van der Waals surface area contributed by atoms with E-state index >= 15 is 0 Å². The van der Waals surface area contributed by atoms with Gasteiger partial charge in [0.05, 0.1) is 12.4 Å². The SMILES string of the molecule is CC[C@H](C)[C@H](NC(=O)[C@@H](Cc1ccccc1)NC(=O)[C@@H](Cc1c[nH]c2ccccc12)NC(=O)[C@@H](N)CCCN=C(N)N)C(=O)N[C@H](Cc1ccccc1)C(=O)N[C@@H](Cc1cnc[nH]1)C(=O)N[C@@H](CCCCN)C(=O)N[C@@H](CCCCN)C(=O)N[C@@H](CCC(N)=O)C(N)=O. The number of hydrogen-bond donors (Lipinski definition) is 17. The summed E-state index contributed by atoms with van der Waals surface area (Å²) >= 11 is 0. The van der Waals surface area contributed by atoms with E-state index < -0.39 is 119 Å². The normalized spacial score (nSPS) is 14.4. The maximum atomic E-state index is 15.0. The maximum Gasteiger partial charge on any atom is 0.243 e. The number of aromatic amines is 2. The predicted octanol–water partition coefficient (Wildman–Crippen LogP) is -1.52. The molecular formula is C64H93N19O10. The van der Waals surface area contributed by atoms with Crippen molar-refractivity contribution >= 4 is 75.9 Å². The van der Waals surface area contributed by atoms with Gasteiger partial charge in [-0.2, -0.15) is 0 Å². The molecule has 2 aromatic heterocycles. The number of rotatable bonds is 42. The third-order valence-corrected chi connectivity index (χ3v) is 15.8. The van der Waals surface area contributed by atoms with E-state index in [1.54, 1.807) is 73.8 Å². The van der Waals surface area contributed by atoms with Gasteiger partial charge in [0.25, 0.3) is 0 Å². The molecule has 10 amide bonds. The first-order valence-electron chi connectivity index (χ1n) is 31.4. The quantitative estimate of drug-likeness (QED) is 0.0120. The first-order chi connectivity index (χ1) is 44.6. The molecule has 0 saturated carbocycles. The van der Waals surface area contributed by atoms with Crippen molar-refractivity contribution in [2.45, 2.75) is 165 Å². The van der Waals surface area contributed by atoms with Crippen LogP contribution in [0.3, 0.4) is 0 Å². The van der Waals surface area contributed by atoms with Crippen molar-refractivity contribution < 1.29 is 47.9 Å². The highest BCUT2D eigenvalue weighted by molar-refractivity contribution is 5.99. The third kappa shape index (κ3) is 25.1. The molecule has 0 spiro atoms. The highest BCUT2D eigenvalue weighted by Crippen LogP contribution is 2.20. The van der Waals surface area contributed by atoms with Gasteiger partial charge in [0, 0.05) is 67.6 Å². The van der Waals surface area contributed by atoms with Crippen LogP contribution < -0.4 is 82.7 Å². The van der Waals surface area contributed by atoms with Gasteiger partial charge in [-0.25, -0.2) is 4.98 Å². The largest absolute Gasteiger partial charge is 0.370 e. The van der Waals surface area contributed by atoms with Crippen molar-refractivity contribution in [2.75, 3.05) is 19.6 Å². The summed E-state index contributed by atoms with van der Waals surface area (Å²) in [6.07, 6.45) is 6.37. The first kappa shape index (κ1) is 74.0. The van der Waals surface area contributed by atoms with E-state index in [0.717, 1.165) is 10.9 Å². The Kier molecular flexibility index (Phi) is 30.9. The van der Waals surface area contributed by atoms with Crippen LogP contribution in [0.5, 0.6) is 0 Å². The number of primary amides is 2. The standard InChI is InChI=1S/C64H93N19O10/c1-3-38(2)54(83-62(92)50(32-40-19-8-5-9-20-40)80-60(90)51(33-41-35-74-45-23-11-10-21-43(41)45)79-56(86)44(67)22-16-30-73-64(70)71)63(93)82-49(31-39-17-6-4-7-18-39)59(89)81-52(34-42-36-72-37-75-42)61(91)78-48(25-13-15-29-66)58(88)77-47(24-12-14-28-65)57(87)76-46(55(69)85)26-27-53(68)84/h4-11,17-21,23,35-38,44,46-52,54,74H,3,12-16,22,24-34,65-67H2,1-2H3,(H2,68,84)(H2,69,85)(H,72,75)(H,76,87)(H,77,88)(H,78,91)(H,79,86)(H,80,90)(H,81,89)(H,82,93)(H,83,92)(H4,70,71,73)/t38-,44-,46-,47-,48-,49+,50+,51+,52-,54-/m0/s1. The van der Waals surface area contributed by atoms with Gasteiger partial charge in [-0.1, -0.05) is 99.1 Å². The number of carbonyl (C=O) groups excluding carboxylic acids is 10. The molecule has 0 fully saturated rings. The van der Waals surface area contributed by atoms with E-state index in [1.807, 2.05) is 31.2 Å². The zero-order valence-corrected chi connectivity index (χ0v) is 52.8. The minimum absolute atomic E-state index is 0.0137. The van der Waals surface area contributed by atoms with Crippen molar-refractivity contribution in [1.29, 1.82) is 0 Å². The van der Waals surface area contributed by atoms with Gasteiger partial charge >= 0.3 is 0 Å². The number of nitrogens with two attached hydrogens (primary N) is 7. The second kappa shape index (κ2) is 38.8. The number of nitrogens with zero attached hydrogens (tertiary/aromatic N) is 2. The molecule has 504 valence electrons. The van der Waals surface area contributed by atoms with Gasteiger partial charge in [0.1, 0.15) is 48.3 Å². The number of amides is 10. The number of hydrogen-bond acceptors (Lipinski definition) is 15. The molecule has 0 aliphatic carbocycles. The fourth-order valence-corrected chi connectivity index (χ4v) is 10.3. The monoisotopic (exact) mass is 1290 g/mol. The summed E-state index contributed by atoms with van der Waals surface area (Å²) in [7, 11) is 0. The lowest BCUT2D eigenvalue weighted by Crippen LogP contribution is -2.62. The average Bonchev–Trinajstić information content (AvgIpc) is 1.81. The van der Waals surface area contributed by atoms with E-state index in [1.165, 1.54) is 12.5 Å². The Balaban J connectivity index is 1.43. The molecule has 2 heterocycles. The van der Waals surface area contributed by atoms with E-state index in [0.29, 0.717) is 60.9 Å². The summed E-state index contributed by atoms with van der Waals surface area (Å²) in [5.74, 6) is -8.47. The molecule has 29 nitrogen and oxygen atoms in total. The Bertz CT molecular complexity index is 3250. The molecule has 10 atom stereocenters. The third-order valence-electron chi connectivity index (χ3n) is 15.8. The zero-order chi connectivity index (χ0) is 67.8. The fraction of sp³-hybridized carbons (Fsp3) is 0.469. The summed E-state index contributed by atoms with van der Waals surface area (Å²) in [6.45, 7) is 4.29. The van der Waals surface area contributed by atoms with Gasteiger partial charge in [0.15, 0.2) is 5.96 Å². The minimum atomic E-state index is -1.44. The van der Waals surface area contributed by atoms with Gasteiger partial charge in [-0.15, -0.1) is 0 Å². The summed E-state index contributed by atoms with van der Waals surface area (Å²) in [4.78, 5) is 154. The number of fused-ring (bicyclic) bond motifs is 1. The van der Waals surface area contributed by atoms with Crippen molar-refractivity contribution in [1.82, 2.24) is 57.5 Å². The van der Waals surface area contributed by atoms with Crippen LogP contribution in [0.15, 0.2) is 109 Å². The minimum Gasteiger partial charge on any atom is -0.370 e. The maximum absolute atomic E-state index is 15.0. The molecule has 0 radical (unpaired) electrons. The summed E-state index contributed by atoms with van der Waals surface area (Å²) in [6, 6.07) is 13.3. The van der Waals surface area contributed by atoms with Crippen LogP contribution in [0.1, 0.15) is 107 Å². The Morgan fingerprint density at radius 1 is 0.505 bits per heavy atom. The lowest BCUT2D eigenvalue weighted by molar-refractivity contribution is -0.136. The van der Waals surface area contributed by atoms with Crippen LogP contribution in [0.25, 0.3) is 10.9 Å². The number of imidazole rings is 1. The summed E-state index contributed by atoms with van der Waals surface area (Å²) in [5, 5.41) is 23.0. The van der Waals surface area contributed by atoms with Crippen molar-refractivity contribution in [3.05, 3.63) is 126 Å². The number of nitrogens with one attached hydrogen (secondary N) is 10. The first-order valence-corrected chi connectivity index (χ1v) is 31.4. The average molecular weight is 1290 g/mol. The number of aliphatic imine (C=N–C) groups is 1. The van der Waals surface area contributed by atoms with Gasteiger partial charge in [-0.3, -0.25) is 52.9 Å². The fourth-order valence-electron chi connectivity index (χ4n) is 10.3. The molecule has 0 unspecified atom stereocenters. The lowest BCUT2D eigenvalue weighted by Gasteiger charge is -2.30. The summed E-state index contributed by atoms with van der Waals surface area (Å²) in [5.41, 5.74) is 42.9. The van der Waals surface area contributed by atoms with Crippen molar-refractivity contribution in [3.63, 3.8) is 0 Å². The Hall–Kier alpha value is -9.74. The molecule has 0 aliphatic heterocycles. The molecule has 0 aliphatic rings. The van der Waals surface area contributed by atoms with E-state index in [-0.39, 0.29) is 83.4 Å². The number of H-pyrrole nitrogens is 2. The zero-order valence-electron chi connectivity index (χ0n) is 52.8. The van der Waals surface area contributed by atoms with Crippen LogP contribution in [0, 0.1) is 5.92 Å². The highest BCUT2D eigenvalue weighted by Gasteiger charge is 2.37. The van der Waals surface area contributed by atoms with E-state index in [9.17, 15) is 47.9 Å². The number of para-hydroxylation sites is 1. The van der Waals surface area contributed by atoms with E-state index in [4.69, 9.17) is 40.1 Å². The molecule has 5 rings (SSSR count). The smallest absolute Gasteiger partial charge is 0.243 e. The number of aromatic nitrogens is 3. The molecule has 5 aromatic rings. The molecular weight excluding hydrogens is 1190 g/mol. The molecule has 0 saturated heterocycles. The predicted molar refractivity (Wildman–Crippen MR) is 351 cm³/mol. The highest BCUT2D eigenvalue weighted by atomic mass is 16.2. The molecule has 0 bridgehead atoms. The number of guanidine groups is 1. The molecule has 93 heavy (non-hydrogen) atoms. The topological polar surface area (TPSA) is 506 Å². The second-order valence-electron chi connectivity index (χ2n) is 23.1. The van der Waals surface area contributed by atoms with Crippen LogP contribution in [0.2, 0.25) is 0 Å². The Morgan fingerprint density at radius 3 is 1.48 bits per heavy atom. The van der Waals surface area contributed by atoms with Crippen molar-refractivity contribution in [2.24, 2.45) is 51.0 Å². The molecule has 24 N–H and O–H groups in total. The summed E-state index contributed by atoms with van der Waals surface area (Å²) < 4.78 is 0. The number of benzene rings is 3. The van der Waals surface area contributed by atoms with Gasteiger partial charge in [0.2, 0.25) is 59.1 Å². The second-order valence-corrected chi connectivity index (χ2v) is 23.1. The Morgan fingerprint density at radius 2 is 0.978 bits per heavy atom. The number of unbranched alkanes of at least 4 members (excludes halogenated alkanes) is 2. The van der Waals surface area contributed by atoms with Crippen LogP contribution in [0.4, 0.5) is 0 Å². The van der Waals surface area contributed by atoms with E-state index in [2.05, 4.69) is 62.5 Å². The van der Waals surface area contributed by atoms with Crippen LogP contribution in [-0.4, -0.2) is 154 Å². The molecule has 3 aromatic carbocycles. The Labute approximate surface area is 540 Å².